The summed E-state index contributed by atoms with van der Waals surface area (Å²) >= 11 is 0. The highest BCUT2D eigenvalue weighted by Gasteiger charge is 2.02. The van der Waals surface area contributed by atoms with Gasteiger partial charge in [0.1, 0.15) is 0 Å². The van der Waals surface area contributed by atoms with E-state index < -0.39 is 0 Å². The Bertz CT molecular complexity index is 160. The maximum atomic E-state index is 11.2. The molecule has 0 aliphatic heterocycles. The lowest BCUT2D eigenvalue weighted by molar-refractivity contribution is -0.121. The highest BCUT2D eigenvalue weighted by molar-refractivity contribution is 5.75. The van der Waals surface area contributed by atoms with Gasteiger partial charge in [-0.3, -0.25) is 4.79 Å². The van der Waals surface area contributed by atoms with Crippen LogP contribution in [0.5, 0.6) is 0 Å². The molecular formula is C12H26N2O. The highest BCUT2D eigenvalue weighted by atomic mass is 16.1. The van der Waals surface area contributed by atoms with Gasteiger partial charge in [0, 0.05) is 25.6 Å². The van der Waals surface area contributed by atoms with Crippen LogP contribution >= 0.6 is 0 Å². The average Bonchev–Trinajstić information content (AvgIpc) is 2.23. The monoisotopic (exact) mass is 214 g/mol. The summed E-state index contributed by atoms with van der Waals surface area (Å²) in [5.41, 5.74) is 0. The van der Waals surface area contributed by atoms with Crippen LogP contribution in [-0.2, 0) is 4.79 Å². The third-order valence-corrected chi connectivity index (χ3v) is 2.41. The number of carbonyl (C=O) groups excluding carboxylic acids is 1. The lowest BCUT2D eigenvalue weighted by Gasteiger charge is -2.12. The Morgan fingerprint density at radius 1 is 1.20 bits per heavy atom. The molecule has 3 nitrogen and oxygen atoms in total. The van der Waals surface area contributed by atoms with Crippen molar-refractivity contribution in [1.29, 1.82) is 0 Å². The molecule has 0 aromatic rings. The molecule has 15 heavy (non-hydrogen) atoms. The molecule has 0 aliphatic carbocycles. The molecule has 0 fully saturated rings. The van der Waals surface area contributed by atoms with Crippen molar-refractivity contribution in [3.05, 3.63) is 0 Å². The van der Waals surface area contributed by atoms with E-state index in [4.69, 9.17) is 0 Å². The summed E-state index contributed by atoms with van der Waals surface area (Å²) in [5.74, 6) is 0.159. The molecule has 0 aromatic heterocycles. The Morgan fingerprint density at radius 2 is 1.93 bits per heavy atom. The fourth-order valence-electron chi connectivity index (χ4n) is 1.40. The summed E-state index contributed by atoms with van der Waals surface area (Å²) in [6.45, 7) is 8.03. The van der Waals surface area contributed by atoms with Crippen LogP contribution < -0.4 is 10.6 Å². The molecule has 0 rings (SSSR count). The van der Waals surface area contributed by atoms with Crippen LogP contribution in [0.4, 0.5) is 0 Å². The van der Waals surface area contributed by atoms with Crippen LogP contribution in [0.25, 0.3) is 0 Å². The predicted molar refractivity (Wildman–Crippen MR) is 64.9 cm³/mol. The summed E-state index contributed by atoms with van der Waals surface area (Å²) in [4.78, 5) is 11.2. The van der Waals surface area contributed by atoms with Gasteiger partial charge < -0.3 is 10.6 Å². The smallest absolute Gasteiger partial charge is 0.221 e. The van der Waals surface area contributed by atoms with Crippen molar-refractivity contribution in [1.82, 2.24) is 10.6 Å². The first-order valence-electron chi connectivity index (χ1n) is 6.20. The van der Waals surface area contributed by atoms with Gasteiger partial charge in [-0.15, -0.1) is 0 Å². The van der Waals surface area contributed by atoms with Crippen molar-refractivity contribution in [3.8, 4) is 0 Å². The first-order valence-corrected chi connectivity index (χ1v) is 6.20. The van der Waals surface area contributed by atoms with Gasteiger partial charge in [0.2, 0.25) is 5.91 Å². The van der Waals surface area contributed by atoms with E-state index in [-0.39, 0.29) is 5.91 Å². The molecule has 0 aliphatic rings. The van der Waals surface area contributed by atoms with Crippen LogP contribution in [0.3, 0.4) is 0 Å². The third kappa shape index (κ3) is 9.73. The second kappa shape index (κ2) is 9.97. The molecule has 1 unspecified atom stereocenters. The Hall–Kier alpha value is -0.570. The van der Waals surface area contributed by atoms with E-state index in [0.717, 1.165) is 19.5 Å². The van der Waals surface area contributed by atoms with Crippen LogP contribution in [0.2, 0.25) is 0 Å². The molecular weight excluding hydrogens is 188 g/mol. The Balaban J connectivity index is 3.31. The van der Waals surface area contributed by atoms with Crippen molar-refractivity contribution < 1.29 is 4.79 Å². The summed E-state index contributed by atoms with van der Waals surface area (Å²) in [6, 6.07) is 0.531. The lowest BCUT2D eigenvalue weighted by Crippen LogP contribution is -2.32. The molecule has 0 heterocycles. The molecule has 0 aromatic carbocycles. The summed E-state index contributed by atoms with van der Waals surface area (Å²) in [5, 5.41) is 6.23. The summed E-state index contributed by atoms with van der Waals surface area (Å²) in [7, 11) is 0. The van der Waals surface area contributed by atoms with Gasteiger partial charge in [0.15, 0.2) is 0 Å². The number of unbranched alkanes of at least 4 members (excludes halogenated alkanes) is 1. The average molecular weight is 214 g/mol. The second-order valence-corrected chi connectivity index (χ2v) is 4.10. The maximum Gasteiger partial charge on any atom is 0.221 e. The largest absolute Gasteiger partial charge is 0.356 e. The van der Waals surface area contributed by atoms with E-state index in [2.05, 4.69) is 31.4 Å². The number of amides is 1. The van der Waals surface area contributed by atoms with Crippen molar-refractivity contribution in [2.75, 3.05) is 13.1 Å². The minimum atomic E-state index is 0.159. The maximum absolute atomic E-state index is 11.2. The van der Waals surface area contributed by atoms with Crippen LogP contribution in [0.1, 0.15) is 52.9 Å². The standard InChI is InChI=1S/C12H26N2O/c1-4-6-7-11(3)13-10-8-12(15)14-9-5-2/h11,13H,4-10H2,1-3H3,(H,14,15). The highest BCUT2D eigenvalue weighted by Crippen LogP contribution is 1.98. The fourth-order valence-corrected chi connectivity index (χ4v) is 1.40. The van der Waals surface area contributed by atoms with Gasteiger partial charge in [-0.2, -0.15) is 0 Å². The van der Waals surface area contributed by atoms with Gasteiger partial charge in [-0.25, -0.2) is 0 Å². The molecule has 90 valence electrons. The SMILES string of the molecule is CCCCC(C)NCCC(=O)NCCC. The van der Waals surface area contributed by atoms with Crippen molar-refractivity contribution in [2.24, 2.45) is 0 Å². The van der Waals surface area contributed by atoms with Gasteiger partial charge in [-0.05, 0) is 19.8 Å². The predicted octanol–water partition coefficient (Wildman–Crippen LogP) is 2.07. The Morgan fingerprint density at radius 3 is 2.53 bits per heavy atom. The van der Waals surface area contributed by atoms with E-state index in [1.807, 2.05) is 0 Å². The zero-order chi connectivity index (χ0) is 11.5. The molecule has 1 atom stereocenters. The summed E-state index contributed by atoms with van der Waals surface area (Å²) in [6.07, 6.45) is 5.30. The molecule has 0 saturated carbocycles. The first-order chi connectivity index (χ1) is 7.20. The van der Waals surface area contributed by atoms with E-state index in [1.165, 1.54) is 19.3 Å². The van der Waals surface area contributed by atoms with Crippen LogP contribution in [0, 0.1) is 0 Å². The molecule has 3 heteroatoms. The van der Waals surface area contributed by atoms with Crippen molar-refractivity contribution >= 4 is 5.91 Å². The third-order valence-electron chi connectivity index (χ3n) is 2.41. The zero-order valence-corrected chi connectivity index (χ0v) is 10.4. The number of nitrogens with one attached hydrogen (secondary N) is 2. The summed E-state index contributed by atoms with van der Waals surface area (Å²) < 4.78 is 0. The minimum absolute atomic E-state index is 0.159. The van der Waals surface area contributed by atoms with Crippen molar-refractivity contribution in [3.63, 3.8) is 0 Å². The van der Waals surface area contributed by atoms with E-state index in [1.54, 1.807) is 0 Å². The van der Waals surface area contributed by atoms with Crippen LogP contribution in [0.15, 0.2) is 0 Å². The molecule has 2 N–H and O–H groups in total. The van der Waals surface area contributed by atoms with E-state index in [9.17, 15) is 4.79 Å². The van der Waals surface area contributed by atoms with Gasteiger partial charge in [0.25, 0.3) is 0 Å². The van der Waals surface area contributed by atoms with E-state index >= 15 is 0 Å². The second-order valence-electron chi connectivity index (χ2n) is 4.10. The normalized spacial score (nSPS) is 12.5. The Labute approximate surface area is 94.0 Å². The molecule has 0 spiro atoms. The molecule has 0 saturated heterocycles. The lowest BCUT2D eigenvalue weighted by atomic mass is 10.1. The zero-order valence-electron chi connectivity index (χ0n) is 10.4. The topological polar surface area (TPSA) is 41.1 Å². The quantitative estimate of drug-likeness (QED) is 0.617. The fraction of sp³-hybridized carbons (Fsp3) is 0.917. The first kappa shape index (κ1) is 14.4. The molecule has 1 amide bonds. The number of hydrogen-bond donors (Lipinski definition) is 2. The minimum Gasteiger partial charge on any atom is -0.356 e. The number of hydrogen-bond acceptors (Lipinski definition) is 2. The van der Waals surface area contributed by atoms with Crippen LogP contribution in [-0.4, -0.2) is 25.0 Å². The van der Waals surface area contributed by atoms with E-state index in [0.29, 0.717) is 12.5 Å². The van der Waals surface area contributed by atoms with Gasteiger partial charge in [-0.1, -0.05) is 26.7 Å². The number of carbonyl (C=O) groups is 1. The Kier molecular flexibility index (Phi) is 9.59. The van der Waals surface area contributed by atoms with Crippen molar-refractivity contribution in [2.45, 2.75) is 58.9 Å². The molecule has 0 bridgehead atoms. The van der Waals surface area contributed by atoms with Gasteiger partial charge in [0.05, 0.1) is 0 Å². The molecule has 0 radical (unpaired) electrons. The van der Waals surface area contributed by atoms with Gasteiger partial charge >= 0.3 is 0 Å². The number of rotatable bonds is 9.